The average molecular weight is 190 g/mol. The lowest BCUT2D eigenvalue weighted by Gasteiger charge is -2.01. The Morgan fingerprint density at radius 2 is 1.86 bits per heavy atom. The predicted molar refractivity (Wildman–Crippen MR) is 59.4 cm³/mol. The molecule has 1 aromatic carbocycles. The summed E-state index contributed by atoms with van der Waals surface area (Å²) in [5, 5.41) is 17.7. The van der Waals surface area contributed by atoms with Crippen molar-refractivity contribution in [1.82, 2.24) is 0 Å². The van der Waals surface area contributed by atoms with Crippen molar-refractivity contribution >= 4 is 12.6 Å². The fourth-order valence-electron chi connectivity index (χ4n) is 1.27. The van der Waals surface area contributed by atoms with Crippen LogP contribution in [0, 0.1) is 0 Å². The second-order valence-corrected chi connectivity index (χ2v) is 3.22. The quantitative estimate of drug-likeness (QED) is 0.546. The molecule has 0 atom stereocenters. The highest BCUT2D eigenvalue weighted by Gasteiger charge is 2.09. The second kappa shape index (κ2) is 5.63. The van der Waals surface area contributed by atoms with E-state index in [1.54, 1.807) is 12.1 Å². The fraction of sp³-hybridized carbons (Fsp3) is 0.273. The molecule has 1 aromatic rings. The minimum absolute atomic E-state index is 0.541. The van der Waals surface area contributed by atoms with Crippen molar-refractivity contribution < 1.29 is 10.0 Å². The summed E-state index contributed by atoms with van der Waals surface area (Å²) in [5.41, 5.74) is 1.76. The minimum atomic E-state index is -1.36. The first-order valence-electron chi connectivity index (χ1n) is 4.80. The third-order valence-electron chi connectivity index (χ3n) is 2.11. The SMILES string of the molecule is C/C=C/CCc1ccc(B(O)O)cc1. The Balaban J connectivity index is 2.55. The van der Waals surface area contributed by atoms with E-state index in [2.05, 4.69) is 6.08 Å². The largest absolute Gasteiger partial charge is 0.488 e. The molecule has 0 bridgehead atoms. The zero-order valence-electron chi connectivity index (χ0n) is 8.35. The Morgan fingerprint density at radius 1 is 1.21 bits per heavy atom. The van der Waals surface area contributed by atoms with Crippen LogP contribution in [0.5, 0.6) is 0 Å². The summed E-state index contributed by atoms with van der Waals surface area (Å²) in [6, 6.07) is 7.35. The van der Waals surface area contributed by atoms with Crippen LogP contribution < -0.4 is 5.46 Å². The maximum atomic E-state index is 8.87. The molecule has 0 radical (unpaired) electrons. The third kappa shape index (κ3) is 3.36. The highest BCUT2D eigenvalue weighted by molar-refractivity contribution is 6.58. The molecule has 0 heterocycles. The number of benzene rings is 1. The van der Waals surface area contributed by atoms with E-state index in [-0.39, 0.29) is 0 Å². The summed E-state index contributed by atoms with van der Waals surface area (Å²) in [6.45, 7) is 2.01. The molecule has 0 saturated carbocycles. The lowest BCUT2D eigenvalue weighted by Crippen LogP contribution is -2.29. The second-order valence-electron chi connectivity index (χ2n) is 3.22. The summed E-state index contributed by atoms with van der Waals surface area (Å²) in [6.07, 6.45) is 6.17. The molecular weight excluding hydrogens is 175 g/mol. The zero-order chi connectivity index (χ0) is 10.4. The normalized spacial score (nSPS) is 10.8. The van der Waals surface area contributed by atoms with Crippen molar-refractivity contribution in [2.24, 2.45) is 0 Å². The molecule has 0 aliphatic rings. The molecule has 0 aromatic heterocycles. The third-order valence-corrected chi connectivity index (χ3v) is 2.11. The first kappa shape index (κ1) is 11.0. The molecule has 0 amide bonds. The van der Waals surface area contributed by atoms with E-state index in [4.69, 9.17) is 10.0 Å². The first-order valence-corrected chi connectivity index (χ1v) is 4.80. The lowest BCUT2D eigenvalue weighted by molar-refractivity contribution is 0.426. The van der Waals surface area contributed by atoms with Gasteiger partial charge in [-0.3, -0.25) is 0 Å². The smallest absolute Gasteiger partial charge is 0.423 e. The van der Waals surface area contributed by atoms with Crippen LogP contribution in [-0.2, 0) is 6.42 Å². The summed E-state index contributed by atoms with van der Waals surface area (Å²) >= 11 is 0. The minimum Gasteiger partial charge on any atom is -0.423 e. The summed E-state index contributed by atoms with van der Waals surface area (Å²) in [4.78, 5) is 0. The molecule has 3 heteroatoms. The molecule has 2 N–H and O–H groups in total. The van der Waals surface area contributed by atoms with Crippen molar-refractivity contribution in [2.45, 2.75) is 19.8 Å². The molecule has 14 heavy (non-hydrogen) atoms. The van der Waals surface area contributed by atoms with E-state index in [1.165, 1.54) is 5.56 Å². The van der Waals surface area contributed by atoms with E-state index in [0.29, 0.717) is 5.46 Å². The van der Waals surface area contributed by atoms with Gasteiger partial charge in [0.15, 0.2) is 0 Å². The van der Waals surface area contributed by atoms with Gasteiger partial charge in [0.25, 0.3) is 0 Å². The number of hydrogen-bond acceptors (Lipinski definition) is 2. The Labute approximate surface area is 85.0 Å². The van der Waals surface area contributed by atoms with E-state index >= 15 is 0 Å². The number of rotatable bonds is 4. The average Bonchev–Trinajstić information content (AvgIpc) is 2.19. The summed E-state index contributed by atoms with van der Waals surface area (Å²) in [7, 11) is -1.36. The van der Waals surface area contributed by atoms with Gasteiger partial charge in [0.05, 0.1) is 0 Å². The van der Waals surface area contributed by atoms with E-state index < -0.39 is 7.12 Å². The van der Waals surface area contributed by atoms with Crippen LogP contribution in [0.15, 0.2) is 36.4 Å². The maximum absolute atomic E-state index is 8.87. The Bertz CT molecular complexity index is 291. The Hall–Kier alpha value is -1.06. The predicted octanol–water partition coefficient (Wildman–Crippen LogP) is 0.875. The summed E-state index contributed by atoms with van der Waals surface area (Å²) < 4.78 is 0. The van der Waals surface area contributed by atoms with Gasteiger partial charge in [0, 0.05) is 0 Å². The van der Waals surface area contributed by atoms with Crippen LogP contribution in [0.1, 0.15) is 18.9 Å². The highest BCUT2D eigenvalue weighted by atomic mass is 16.4. The van der Waals surface area contributed by atoms with Gasteiger partial charge < -0.3 is 10.0 Å². The molecule has 0 saturated heterocycles. The highest BCUT2D eigenvalue weighted by Crippen LogP contribution is 2.02. The fourth-order valence-corrected chi connectivity index (χ4v) is 1.27. The van der Waals surface area contributed by atoms with E-state index in [0.717, 1.165) is 12.8 Å². The number of hydrogen-bond donors (Lipinski definition) is 2. The molecule has 0 aliphatic heterocycles. The van der Waals surface area contributed by atoms with Gasteiger partial charge in [-0.2, -0.15) is 0 Å². The van der Waals surface area contributed by atoms with Gasteiger partial charge >= 0.3 is 7.12 Å². The summed E-state index contributed by atoms with van der Waals surface area (Å²) in [5.74, 6) is 0. The zero-order valence-corrected chi connectivity index (χ0v) is 8.35. The van der Waals surface area contributed by atoms with Gasteiger partial charge in [-0.05, 0) is 30.8 Å². The van der Waals surface area contributed by atoms with Crippen LogP contribution >= 0.6 is 0 Å². The van der Waals surface area contributed by atoms with Gasteiger partial charge in [0.1, 0.15) is 0 Å². The number of allylic oxidation sites excluding steroid dienone is 2. The Kier molecular flexibility index (Phi) is 4.43. The Morgan fingerprint density at radius 3 is 2.36 bits per heavy atom. The van der Waals surface area contributed by atoms with Crippen molar-refractivity contribution in [3.05, 3.63) is 42.0 Å². The van der Waals surface area contributed by atoms with Crippen molar-refractivity contribution in [2.75, 3.05) is 0 Å². The topological polar surface area (TPSA) is 40.5 Å². The van der Waals surface area contributed by atoms with Crippen molar-refractivity contribution in [3.8, 4) is 0 Å². The number of aryl methyl sites for hydroxylation is 1. The van der Waals surface area contributed by atoms with Gasteiger partial charge in [0.2, 0.25) is 0 Å². The van der Waals surface area contributed by atoms with Crippen molar-refractivity contribution in [1.29, 1.82) is 0 Å². The van der Waals surface area contributed by atoms with Crippen LogP contribution in [0.3, 0.4) is 0 Å². The van der Waals surface area contributed by atoms with E-state index in [9.17, 15) is 0 Å². The standard InChI is InChI=1S/C11H15BO2/c1-2-3-4-5-10-6-8-11(9-7-10)12(13)14/h2-3,6-9,13-14H,4-5H2,1H3/b3-2+. The van der Waals surface area contributed by atoms with E-state index in [1.807, 2.05) is 25.1 Å². The molecule has 1 rings (SSSR count). The van der Waals surface area contributed by atoms with Crippen LogP contribution in [0.2, 0.25) is 0 Å². The molecule has 74 valence electrons. The molecule has 0 spiro atoms. The molecule has 0 aliphatic carbocycles. The molecule has 2 nitrogen and oxygen atoms in total. The molecular formula is C11H15BO2. The maximum Gasteiger partial charge on any atom is 0.488 e. The lowest BCUT2D eigenvalue weighted by atomic mass is 9.80. The first-order chi connectivity index (χ1) is 6.74. The van der Waals surface area contributed by atoms with Gasteiger partial charge in [-0.25, -0.2) is 0 Å². The van der Waals surface area contributed by atoms with Crippen LogP contribution in [0.25, 0.3) is 0 Å². The van der Waals surface area contributed by atoms with Gasteiger partial charge in [-0.1, -0.05) is 36.4 Å². The molecule has 0 fully saturated rings. The van der Waals surface area contributed by atoms with Crippen LogP contribution in [0.4, 0.5) is 0 Å². The van der Waals surface area contributed by atoms with Crippen molar-refractivity contribution in [3.63, 3.8) is 0 Å². The van der Waals surface area contributed by atoms with Crippen LogP contribution in [-0.4, -0.2) is 17.2 Å². The monoisotopic (exact) mass is 190 g/mol. The van der Waals surface area contributed by atoms with Gasteiger partial charge in [-0.15, -0.1) is 0 Å². The molecule has 0 unspecified atom stereocenters.